The summed E-state index contributed by atoms with van der Waals surface area (Å²) in [5.74, 6) is 0.852. The fraction of sp³-hybridized carbons (Fsp3) is 0.107. The molecule has 3 N–H and O–H groups in total. The van der Waals surface area contributed by atoms with Crippen molar-refractivity contribution in [1.82, 2.24) is 9.97 Å². The lowest BCUT2D eigenvalue weighted by Crippen LogP contribution is -2.14. The van der Waals surface area contributed by atoms with E-state index in [0.29, 0.717) is 28.5 Å². The van der Waals surface area contributed by atoms with E-state index in [4.69, 9.17) is 4.74 Å². The number of rotatable bonds is 7. The van der Waals surface area contributed by atoms with Crippen LogP contribution in [0.25, 0.3) is 11.3 Å². The minimum atomic E-state index is -0.179. The topological polar surface area (TPSA) is 96.4 Å². The molecule has 0 bridgehead atoms. The average Bonchev–Trinajstić information content (AvgIpc) is 2.84. The molecule has 4 rings (SSSR count). The molecule has 7 heteroatoms. The van der Waals surface area contributed by atoms with Gasteiger partial charge in [-0.3, -0.25) is 9.78 Å². The summed E-state index contributed by atoms with van der Waals surface area (Å²) < 4.78 is 5.19. The van der Waals surface area contributed by atoms with Gasteiger partial charge in [0, 0.05) is 16.8 Å². The van der Waals surface area contributed by atoms with Crippen molar-refractivity contribution < 1.29 is 14.6 Å². The number of allylic oxidation sites excluding steroid dienone is 6. The van der Waals surface area contributed by atoms with Crippen LogP contribution in [0.4, 0.5) is 11.5 Å². The first-order valence-corrected chi connectivity index (χ1v) is 11.1. The van der Waals surface area contributed by atoms with Crippen molar-refractivity contribution in [3.8, 4) is 22.8 Å². The molecule has 35 heavy (non-hydrogen) atoms. The van der Waals surface area contributed by atoms with Crippen LogP contribution in [0.15, 0.2) is 103 Å². The standard InChI is InChI=1S/C28H26N4O3/c1-19(30-27-18-29-17-24(32-27)22-13-14-25(33)26(16-22)35-2)21-11-8-12-23(15-21)31-28(34)20-9-6-4-3-5-7-10-20/h3-19,33H,1-2H3,(H,30,32)(H,31,34)/b4-3+,5-3?,6-4?,7-5+,9-6?,10-7?,20-9?,20-10?. The van der Waals surface area contributed by atoms with Gasteiger partial charge in [-0.05, 0) is 55.0 Å². The van der Waals surface area contributed by atoms with Crippen LogP contribution in [0, 0.1) is 0 Å². The maximum atomic E-state index is 12.7. The Morgan fingerprint density at radius 3 is 2.71 bits per heavy atom. The Balaban J connectivity index is 1.47. The van der Waals surface area contributed by atoms with Gasteiger partial charge in [0.25, 0.3) is 5.91 Å². The molecule has 1 aliphatic carbocycles. The highest BCUT2D eigenvalue weighted by atomic mass is 16.5. The predicted octanol–water partition coefficient (Wildman–Crippen LogP) is 5.58. The number of ether oxygens (including phenoxy) is 1. The molecular weight excluding hydrogens is 440 g/mol. The molecule has 1 aromatic heterocycles. The van der Waals surface area contributed by atoms with Gasteiger partial charge >= 0.3 is 0 Å². The second-order valence-corrected chi connectivity index (χ2v) is 7.87. The fourth-order valence-electron chi connectivity index (χ4n) is 3.52. The van der Waals surface area contributed by atoms with Crippen LogP contribution >= 0.6 is 0 Å². The van der Waals surface area contributed by atoms with Crippen molar-refractivity contribution in [1.29, 1.82) is 0 Å². The number of hydrogen-bond acceptors (Lipinski definition) is 6. The molecule has 2 aromatic carbocycles. The van der Waals surface area contributed by atoms with Gasteiger partial charge in [-0.25, -0.2) is 4.98 Å². The van der Waals surface area contributed by atoms with Crippen LogP contribution in [-0.2, 0) is 4.79 Å². The molecule has 0 fully saturated rings. The number of carbonyl (C=O) groups is 1. The third kappa shape index (κ3) is 6.03. The number of nitrogens with zero attached hydrogens (tertiary/aromatic N) is 2. The first-order chi connectivity index (χ1) is 17.0. The normalized spacial score (nSPS) is 15.2. The van der Waals surface area contributed by atoms with E-state index in [9.17, 15) is 9.90 Å². The summed E-state index contributed by atoms with van der Waals surface area (Å²) >= 11 is 0. The molecule has 0 aliphatic heterocycles. The largest absolute Gasteiger partial charge is 0.504 e. The average molecular weight is 467 g/mol. The van der Waals surface area contributed by atoms with Crippen molar-refractivity contribution in [2.75, 3.05) is 17.7 Å². The molecule has 1 amide bonds. The minimum Gasteiger partial charge on any atom is -0.504 e. The molecule has 1 heterocycles. The number of nitrogens with one attached hydrogen (secondary N) is 2. The summed E-state index contributed by atoms with van der Waals surface area (Å²) in [4.78, 5) is 21.7. The Labute approximate surface area is 204 Å². The SMILES string of the molecule is COc1cc(-c2cncc(NC(C)c3cccc(NC(=O)C4=C/C=C/C=C/C=C4)c3)n2)ccc1O. The molecule has 176 valence electrons. The summed E-state index contributed by atoms with van der Waals surface area (Å²) in [5, 5.41) is 16.2. The minimum absolute atomic E-state index is 0.0641. The van der Waals surface area contributed by atoms with Gasteiger partial charge in [0.05, 0.1) is 31.2 Å². The maximum Gasteiger partial charge on any atom is 0.255 e. The summed E-state index contributed by atoms with van der Waals surface area (Å²) in [7, 11) is 1.50. The van der Waals surface area contributed by atoms with Gasteiger partial charge in [-0.15, -0.1) is 0 Å². The molecule has 1 atom stereocenters. The Hall–Kier alpha value is -4.65. The van der Waals surface area contributed by atoms with E-state index in [1.165, 1.54) is 7.11 Å². The van der Waals surface area contributed by atoms with Crippen LogP contribution in [0.5, 0.6) is 11.5 Å². The van der Waals surface area contributed by atoms with Gasteiger partial charge in [-0.1, -0.05) is 42.5 Å². The number of benzene rings is 2. The van der Waals surface area contributed by atoms with Gasteiger partial charge in [0.15, 0.2) is 11.5 Å². The zero-order valence-corrected chi connectivity index (χ0v) is 19.5. The highest BCUT2D eigenvalue weighted by Gasteiger charge is 2.12. The summed E-state index contributed by atoms with van der Waals surface area (Å²) in [6.45, 7) is 2.01. The Morgan fingerprint density at radius 1 is 1.03 bits per heavy atom. The lowest BCUT2D eigenvalue weighted by Gasteiger charge is -2.17. The van der Waals surface area contributed by atoms with Gasteiger partial charge in [0.1, 0.15) is 5.82 Å². The van der Waals surface area contributed by atoms with E-state index in [2.05, 4.69) is 20.6 Å². The maximum absolute atomic E-state index is 12.7. The molecular formula is C28H26N4O3. The van der Waals surface area contributed by atoms with Gasteiger partial charge in [0.2, 0.25) is 0 Å². The number of anilines is 2. The van der Waals surface area contributed by atoms with Crippen molar-refractivity contribution in [2.45, 2.75) is 13.0 Å². The molecule has 1 unspecified atom stereocenters. The summed E-state index contributed by atoms with van der Waals surface area (Å²) in [6, 6.07) is 12.6. The molecule has 0 radical (unpaired) electrons. The number of phenolic OH excluding ortho intramolecular Hbond substituents is 1. The fourth-order valence-corrected chi connectivity index (χ4v) is 3.52. The number of aromatic hydroxyl groups is 1. The number of aromatic nitrogens is 2. The number of hydrogen-bond donors (Lipinski definition) is 3. The van der Waals surface area contributed by atoms with E-state index < -0.39 is 0 Å². The Bertz CT molecular complexity index is 1340. The first-order valence-electron chi connectivity index (χ1n) is 11.1. The second-order valence-electron chi connectivity index (χ2n) is 7.87. The zero-order valence-electron chi connectivity index (χ0n) is 19.5. The molecule has 7 nitrogen and oxygen atoms in total. The van der Waals surface area contributed by atoms with Crippen molar-refractivity contribution >= 4 is 17.4 Å². The first kappa shape index (κ1) is 23.5. The molecule has 1 aliphatic rings. The Kier molecular flexibility index (Phi) is 7.37. The van der Waals surface area contributed by atoms with Crippen molar-refractivity contribution in [3.63, 3.8) is 0 Å². The monoisotopic (exact) mass is 466 g/mol. The third-order valence-electron chi connectivity index (χ3n) is 5.38. The second kappa shape index (κ2) is 11.0. The van der Waals surface area contributed by atoms with E-state index >= 15 is 0 Å². The third-order valence-corrected chi connectivity index (χ3v) is 5.38. The number of carbonyl (C=O) groups excluding carboxylic acids is 1. The number of methoxy groups -OCH3 is 1. The summed E-state index contributed by atoms with van der Waals surface area (Å²) in [6.07, 6.45) is 16.2. The highest BCUT2D eigenvalue weighted by Crippen LogP contribution is 2.31. The van der Waals surface area contributed by atoms with Crippen LogP contribution in [0.2, 0.25) is 0 Å². The molecule has 3 aromatic rings. The summed E-state index contributed by atoms with van der Waals surface area (Å²) in [5.41, 5.74) is 3.67. The smallest absolute Gasteiger partial charge is 0.255 e. The lowest BCUT2D eigenvalue weighted by molar-refractivity contribution is -0.112. The quantitative estimate of drug-likeness (QED) is 0.421. The van der Waals surface area contributed by atoms with Crippen LogP contribution < -0.4 is 15.4 Å². The number of amides is 1. The number of phenols is 1. The van der Waals surface area contributed by atoms with E-state index in [1.54, 1.807) is 42.7 Å². The van der Waals surface area contributed by atoms with E-state index in [0.717, 1.165) is 11.1 Å². The van der Waals surface area contributed by atoms with E-state index in [-0.39, 0.29) is 17.7 Å². The van der Waals surface area contributed by atoms with Gasteiger partial charge < -0.3 is 20.5 Å². The van der Waals surface area contributed by atoms with Crippen LogP contribution in [-0.4, -0.2) is 28.1 Å². The van der Waals surface area contributed by atoms with Crippen LogP contribution in [0.3, 0.4) is 0 Å². The molecule has 0 saturated heterocycles. The van der Waals surface area contributed by atoms with Gasteiger partial charge in [-0.2, -0.15) is 0 Å². The molecule has 0 saturated carbocycles. The highest BCUT2D eigenvalue weighted by molar-refractivity contribution is 6.06. The van der Waals surface area contributed by atoms with Crippen molar-refractivity contribution in [3.05, 3.63) is 109 Å². The lowest BCUT2D eigenvalue weighted by atomic mass is 10.1. The van der Waals surface area contributed by atoms with Crippen molar-refractivity contribution in [2.24, 2.45) is 0 Å². The molecule has 0 spiro atoms. The zero-order chi connectivity index (χ0) is 24.6. The Morgan fingerprint density at radius 2 is 1.86 bits per heavy atom. The van der Waals surface area contributed by atoms with Crippen LogP contribution in [0.1, 0.15) is 18.5 Å². The van der Waals surface area contributed by atoms with E-state index in [1.807, 2.05) is 61.6 Å². The predicted molar refractivity (Wildman–Crippen MR) is 138 cm³/mol.